The summed E-state index contributed by atoms with van der Waals surface area (Å²) < 4.78 is 0. The molecule has 0 atom stereocenters. The van der Waals surface area contributed by atoms with E-state index in [9.17, 15) is 4.79 Å². The molecule has 0 aliphatic carbocycles. The van der Waals surface area contributed by atoms with Gasteiger partial charge < -0.3 is 16.0 Å². The van der Waals surface area contributed by atoms with Gasteiger partial charge in [0.1, 0.15) is 4.99 Å². The summed E-state index contributed by atoms with van der Waals surface area (Å²) in [6.45, 7) is 6.35. The Balaban J connectivity index is 2.43. The van der Waals surface area contributed by atoms with Crippen molar-refractivity contribution in [3.63, 3.8) is 0 Å². The van der Waals surface area contributed by atoms with E-state index < -0.39 is 0 Å². The highest BCUT2D eigenvalue weighted by Crippen LogP contribution is 2.15. The Morgan fingerprint density at radius 3 is 2.67 bits per heavy atom. The number of nitrogens with one attached hydrogen (secondary N) is 1. The fourth-order valence-corrected chi connectivity index (χ4v) is 2.42. The number of rotatable bonds is 8. The molecule has 0 aliphatic heterocycles. The molecule has 5 heteroatoms. The highest BCUT2D eigenvalue weighted by molar-refractivity contribution is 7.80. The van der Waals surface area contributed by atoms with E-state index in [0.29, 0.717) is 28.6 Å². The van der Waals surface area contributed by atoms with Gasteiger partial charge in [-0.05, 0) is 38.1 Å². The number of carbonyl (C=O) groups is 1. The van der Waals surface area contributed by atoms with Gasteiger partial charge in [0.2, 0.25) is 5.91 Å². The predicted octanol–water partition coefficient (Wildman–Crippen LogP) is 2.63. The molecule has 0 bridgehead atoms. The molecule has 0 spiro atoms. The first-order chi connectivity index (χ1) is 9.90. The molecule has 21 heavy (non-hydrogen) atoms. The third-order valence-corrected chi connectivity index (χ3v) is 3.31. The Labute approximate surface area is 132 Å². The highest BCUT2D eigenvalue weighted by atomic mass is 32.1. The van der Waals surface area contributed by atoms with Crippen molar-refractivity contribution in [3.05, 3.63) is 29.8 Å². The molecule has 3 N–H and O–H groups in total. The monoisotopic (exact) mass is 307 g/mol. The van der Waals surface area contributed by atoms with Crippen LogP contribution in [0.2, 0.25) is 0 Å². The van der Waals surface area contributed by atoms with Gasteiger partial charge in [0.15, 0.2) is 0 Å². The fraction of sp³-hybridized carbons (Fsp3) is 0.500. The van der Waals surface area contributed by atoms with Gasteiger partial charge >= 0.3 is 0 Å². The number of hydrogen-bond donors (Lipinski definition) is 2. The molecule has 0 aromatic heterocycles. The van der Waals surface area contributed by atoms with Gasteiger partial charge in [-0.3, -0.25) is 4.79 Å². The van der Waals surface area contributed by atoms with Gasteiger partial charge in [0, 0.05) is 18.5 Å². The molecular formula is C16H25N3OS. The largest absolute Gasteiger partial charge is 0.389 e. The van der Waals surface area contributed by atoms with Crippen LogP contribution in [-0.4, -0.2) is 35.9 Å². The van der Waals surface area contributed by atoms with Crippen molar-refractivity contribution < 1.29 is 4.79 Å². The summed E-state index contributed by atoms with van der Waals surface area (Å²) in [5.74, 6) is 0.637. The summed E-state index contributed by atoms with van der Waals surface area (Å²) in [4.78, 5) is 14.5. The number of carbonyl (C=O) groups excluding carboxylic acids is 1. The molecule has 0 fully saturated rings. The summed E-state index contributed by atoms with van der Waals surface area (Å²) in [6.07, 6.45) is 1.33. The van der Waals surface area contributed by atoms with E-state index in [-0.39, 0.29) is 5.91 Å². The number of para-hydroxylation sites is 1. The van der Waals surface area contributed by atoms with Gasteiger partial charge in [0.25, 0.3) is 0 Å². The maximum atomic E-state index is 12.0. The maximum Gasteiger partial charge on any atom is 0.224 e. The van der Waals surface area contributed by atoms with Gasteiger partial charge in [-0.15, -0.1) is 0 Å². The Kier molecular flexibility index (Phi) is 7.32. The fourth-order valence-electron chi connectivity index (χ4n) is 2.24. The Bertz CT molecular complexity index is 488. The van der Waals surface area contributed by atoms with Crippen LogP contribution in [0, 0.1) is 5.92 Å². The lowest BCUT2D eigenvalue weighted by Gasteiger charge is -2.18. The normalized spacial score (nSPS) is 10.9. The van der Waals surface area contributed by atoms with Crippen molar-refractivity contribution in [2.75, 3.05) is 25.5 Å². The van der Waals surface area contributed by atoms with Crippen LogP contribution in [0.1, 0.15) is 32.3 Å². The van der Waals surface area contributed by atoms with Crippen LogP contribution in [0.4, 0.5) is 5.69 Å². The standard InChI is InChI=1S/C16H25N3OS/c1-12(2)11-19(3)10-6-9-15(20)18-14-8-5-4-7-13(14)16(17)21/h4-5,7-8,12H,6,9-11H2,1-3H3,(H2,17,21)(H,18,20). The summed E-state index contributed by atoms with van der Waals surface area (Å²) in [6, 6.07) is 7.34. The topological polar surface area (TPSA) is 58.4 Å². The maximum absolute atomic E-state index is 12.0. The van der Waals surface area contributed by atoms with Crippen molar-refractivity contribution in [1.29, 1.82) is 0 Å². The molecule has 1 aromatic rings. The number of benzene rings is 1. The second kappa shape index (κ2) is 8.74. The molecule has 0 saturated heterocycles. The van der Waals surface area contributed by atoms with Crippen LogP contribution < -0.4 is 11.1 Å². The number of nitrogens with zero attached hydrogens (tertiary/aromatic N) is 1. The second-order valence-corrected chi connectivity index (χ2v) is 6.16. The van der Waals surface area contributed by atoms with Crippen molar-refractivity contribution in [2.45, 2.75) is 26.7 Å². The van der Waals surface area contributed by atoms with Crippen LogP contribution in [0.5, 0.6) is 0 Å². The van der Waals surface area contributed by atoms with Crippen molar-refractivity contribution in [3.8, 4) is 0 Å². The lowest BCUT2D eigenvalue weighted by atomic mass is 10.1. The van der Waals surface area contributed by atoms with E-state index in [1.54, 1.807) is 0 Å². The molecule has 0 aliphatic rings. The lowest BCUT2D eigenvalue weighted by Crippen LogP contribution is -2.25. The third-order valence-electron chi connectivity index (χ3n) is 3.09. The average Bonchev–Trinajstić information content (AvgIpc) is 2.38. The molecule has 1 rings (SSSR count). The van der Waals surface area contributed by atoms with Gasteiger partial charge in [-0.2, -0.15) is 0 Å². The first-order valence-corrected chi connectivity index (χ1v) is 7.68. The molecule has 0 saturated carbocycles. The van der Waals surface area contributed by atoms with Crippen LogP contribution in [-0.2, 0) is 4.79 Å². The number of hydrogen-bond acceptors (Lipinski definition) is 3. The van der Waals surface area contributed by atoms with Gasteiger partial charge in [-0.25, -0.2) is 0 Å². The second-order valence-electron chi connectivity index (χ2n) is 5.72. The van der Waals surface area contributed by atoms with Crippen LogP contribution in [0.15, 0.2) is 24.3 Å². The SMILES string of the molecule is CC(C)CN(C)CCCC(=O)Nc1ccccc1C(N)=S. The van der Waals surface area contributed by atoms with E-state index in [2.05, 4.69) is 31.1 Å². The molecule has 1 amide bonds. The molecule has 0 heterocycles. The Morgan fingerprint density at radius 2 is 2.05 bits per heavy atom. The first-order valence-electron chi connectivity index (χ1n) is 7.27. The smallest absolute Gasteiger partial charge is 0.224 e. The van der Waals surface area contributed by atoms with E-state index in [1.165, 1.54) is 0 Å². The Morgan fingerprint density at radius 1 is 1.38 bits per heavy atom. The summed E-state index contributed by atoms with van der Waals surface area (Å²) in [7, 11) is 2.08. The zero-order valence-electron chi connectivity index (χ0n) is 13.1. The van der Waals surface area contributed by atoms with Crippen molar-refractivity contribution in [1.82, 2.24) is 4.90 Å². The molecule has 0 unspecified atom stereocenters. The zero-order chi connectivity index (χ0) is 15.8. The average molecular weight is 307 g/mol. The van der Waals surface area contributed by atoms with Gasteiger partial charge in [0.05, 0.1) is 5.69 Å². The molecule has 4 nitrogen and oxygen atoms in total. The number of nitrogens with two attached hydrogens (primary N) is 1. The highest BCUT2D eigenvalue weighted by Gasteiger charge is 2.09. The molecule has 0 radical (unpaired) electrons. The van der Waals surface area contributed by atoms with Crippen LogP contribution in [0.25, 0.3) is 0 Å². The number of anilines is 1. The first kappa shape index (κ1) is 17.6. The Hall–Kier alpha value is -1.46. The third kappa shape index (κ3) is 6.69. The molecule has 116 valence electrons. The van der Waals surface area contributed by atoms with Crippen molar-refractivity contribution in [2.24, 2.45) is 11.7 Å². The van der Waals surface area contributed by atoms with E-state index in [0.717, 1.165) is 19.5 Å². The van der Waals surface area contributed by atoms with Gasteiger partial charge in [-0.1, -0.05) is 38.2 Å². The number of thiocarbonyl (C=S) groups is 1. The summed E-state index contributed by atoms with van der Waals surface area (Å²) in [5, 5.41) is 2.88. The van der Waals surface area contributed by atoms with Crippen LogP contribution in [0.3, 0.4) is 0 Å². The lowest BCUT2D eigenvalue weighted by molar-refractivity contribution is -0.116. The molecule has 1 aromatic carbocycles. The van der Waals surface area contributed by atoms with E-state index >= 15 is 0 Å². The number of amides is 1. The minimum atomic E-state index is -0.00310. The van der Waals surface area contributed by atoms with E-state index in [1.807, 2.05) is 24.3 Å². The van der Waals surface area contributed by atoms with Crippen LogP contribution >= 0.6 is 12.2 Å². The van der Waals surface area contributed by atoms with Crippen molar-refractivity contribution >= 4 is 28.8 Å². The minimum absolute atomic E-state index is 0.00310. The minimum Gasteiger partial charge on any atom is -0.389 e. The molecular weight excluding hydrogens is 282 g/mol. The van der Waals surface area contributed by atoms with E-state index in [4.69, 9.17) is 18.0 Å². The summed E-state index contributed by atoms with van der Waals surface area (Å²) in [5.41, 5.74) is 7.04. The zero-order valence-corrected chi connectivity index (χ0v) is 13.9. The predicted molar refractivity (Wildman–Crippen MR) is 92.5 cm³/mol. The summed E-state index contributed by atoms with van der Waals surface area (Å²) >= 11 is 4.98. The quantitative estimate of drug-likeness (QED) is 0.725.